The van der Waals surface area contributed by atoms with Crippen LogP contribution in [0.1, 0.15) is 18.1 Å². The van der Waals surface area contributed by atoms with E-state index in [1.807, 2.05) is 67.6 Å². The second-order valence-corrected chi connectivity index (χ2v) is 10.3. The first-order valence-electron chi connectivity index (χ1n) is 14.0. The molecule has 11 heteroatoms. The second kappa shape index (κ2) is 15.9. The van der Waals surface area contributed by atoms with Crippen LogP contribution in [0.3, 0.4) is 0 Å². The van der Waals surface area contributed by atoms with Gasteiger partial charge in [0.05, 0.1) is 33.0 Å². The van der Waals surface area contributed by atoms with Gasteiger partial charge >= 0.3 is 5.97 Å². The Morgan fingerprint density at radius 2 is 1.38 bits per heavy atom. The number of aliphatic hydroxyl groups excluding tert-OH is 1. The van der Waals surface area contributed by atoms with Crippen LogP contribution in [0.4, 0.5) is 0 Å². The van der Waals surface area contributed by atoms with Crippen LogP contribution in [-0.4, -0.2) is 101 Å². The number of benzene rings is 2. The minimum atomic E-state index is -1.35. The SMILES string of the molecule is COC(=O)C1O[C@@H](O[C@H]2C(C)C(OCc3ccccc3)[C@@H](OC)O[C@H]2COCc2ccccc2)C(OC)[C@H](OC)[C@@H]1O. The molecular weight excluding hydrogens is 548 g/mol. The summed E-state index contributed by atoms with van der Waals surface area (Å²) in [5.74, 6) is -1.05. The van der Waals surface area contributed by atoms with Gasteiger partial charge in [-0.25, -0.2) is 4.79 Å². The number of ether oxygens (including phenoxy) is 9. The zero-order valence-corrected chi connectivity index (χ0v) is 24.7. The monoisotopic (exact) mass is 590 g/mol. The number of hydrogen-bond donors (Lipinski definition) is 1. The molecule has 232 valence electrons. The van der Waals surface area contributed by atoms with Gasteiger partial charge in [-0.1, -0.05) is 67.6 Å². The van der Waals surface area contributed by atoms with Gasteiger partial charge in [0.2, 0.25) is 0 Å². The first-order chi connectivity index (χ1) is 20.4. The molecule has 2 aliphatic heterocycles. The van der Waals surface area contributed by atoms with Gasteiger partial charge in [0.25, 0.3) is 0 Å². The van der Waals surface area contributed by atoms with Crippen molar-refractivity contribution in [1.29, 1.82) is 0 Å². The third-order valence-corrected chi connectivity index (χ3v) is 7.68. The standard InChI is InChI=1S/C31H42O11/c1-19-24(41-31-28(35-3)26(34-2)23(32)27(42-31)29(33)36-4)22(18-38-16-20-12-8-6-9-13-20)40-30(37-5)25(19)39-17-21-14-10-7-11-15-21/h6-15,19,22-28,30-32H,16-18H2,1-5H3/t19?,22-,23-,24-,25?,26+,27?,28?,30-,31+/m0/s1. The highest BCUT2D eigenvalue weighted by Gasteiger charge is 2.53. The van der Waals surface area contributed by atoms with Gasteiger partial charge in [-0.15, -0.1) is 0 Å². The molecule has 0 aromatic heterocycles. The summed E-state index contributed by atoms with van der Waals surface area (Å²) in [5.41, 5.74) is 2.01. The van der Waals surface area contributed by atoms with Crippen LogP contribution in [0.2, 0.25) is 0 Å². The van der Waals surface area contributed by atoms with E-state index in [-0.39, 0.29) is 12.5 Å². The van der Waals surface area contributed by atoms with E-state index in [2.05, 4.69) is 0 Å². The third-order valence-electron chi connectivity index (χ3n) is 7.68. The largest absolute Gasteiger partial charge is 0.467 e. The summed E-state index contributed by atoms with van der Waals surface area (Å²) >= 11 is 0. The van der Waals surface area contributed by atoms with E-state index < -0.39 is 61.3 Å². The topological polar surface area (TPSA) is 120 Å². The van der Waals surface area contributed by atoms with E-state index in [4.69, 9.17) is 42.6 Å². The smallest absolute Gasteiger partial charge is 0.337 e. The molecule has 0 aliphatic carbocycles. The van der Waals surface area contributed by atoms with Gasteiger partial charge in [0.1, 0.15) is 30.5 Å². The molecular formula is C31H42O11. The molecule has 0 radical (unpaired) electrons. The number of rotatable bonds is 13. The lowest BCUT2D eigenvalue weighted by atomic mass is 9.89. The lowest BCUT2D eigenvalue weighted by Crippen LogP contribution is -2.64. The van der Waals surface area contributed by atoms with Crippen LogP contribution < -0.4 is 0 Å². The Balaban J connectivity index is 1.57. The molecule has 4 rings (SSSR count). The van der Waals surface area contributed by atoms with Gasteiger partial charge < -0.3 is 47.7 Å². The van der Waals surface area contributed by atoms with Crippen molar-refractivity contribution in [1.82, 2.24) is 0 Å². The van der Waals surface area contributed by atoms with Crippen LogP contribution in [0.15, 0.2) is 60.7 Å². The van der Waals surface area contributed by atoms with E-state index >= 15 is 0 Å². The summed E-state index contributed by atoms with van der Waals surface area (Å²) in [7, 11) is 5.65. The molecule has 4 unspecified atom stereocenters. The fourth-order valence-electron chi connectivity index (χ4n) is 5.42. The molecule has 0 bridgehead atoms. The Morgan fingerprint density at radius 3 is 1.95 bits per heavy atom. The number of aliphatic hydroxyl groups is 1. The number of carbonyl (C=O) groups is 1. The fourth-order valence-corrected chi connectivity index (χ4v) is 5.42. The zero-order valence-electron chi connectivity index (χ0n) is 24.7. The Bertz CT molecular complexity index is 1070. The van der Waals surface area contributed by atoms with E-state index in [0.717, 1.165) is 11.1 Å². The predicted molar refractivity (Wildman–Crippen MR) is 149 cm³/mol. The molecule has 0 saturated carbocycles. The maximum absolute atomic E-state index is 12.5. The lowest BCUT2D eigenvalue weighted by molar-refractivity contribution is -0.354. The molecule has 2 heterocycles. The predicted octanol–water partition coefficient (Wildman–Crippen LogP) is 2.47. The van der Waals surface area contributed by atoms with E-state index in [1.165, 1.54) is 21.3 Å². The molecule has 2 aromatic rings. The number of methoxy groups -OCH3 is 4. The van der Waals surface area contributed by atoms with Crippen molar-refractivity contribution in [3.8, 4) is 0 Å². The first kappa shape index (κ1) is 32.5. The molecule has 10 atom stereocenters. The van der Waals surface area contributed by atoms with Crippen molar-refractivity contribution >= 4 is 5.97 Å². The van der Waals surface area contributed by atoms with Crippen LogP contribution in [0.5, 0.6) is 0 Å². The molecule has 0 spiro atoms. The zero-order chi connectivity index (χ0) is 30.1. The highest BCUT2D eigenvalue weighted by Crippen LogP contribution is 2.35. The maximum atomic E-state index is 12.5. The summed E-state index contributed by atoms with van der Waals surface area (Å²) in [5, 5.41) is 10.8. The summed E-state index contributed by atoms with van der Waals surface area (Å²) in [4.78, 5) is 12.5. The van der Waals surface area contributed by atoms with E-state index in [9.17, 15) is 9.90 Å². The highest BCUT2D eigenvalue weighted by molar-refractivity contribution is 5.75. The van der Waals surface area contributed by atoms with Crippen molar-refractivity contribution in [3.63, 3.8) is 0 Å². The van der Waals surface area contributed by atoms with Crippen molar-refractivity contribution in [2.75, 3.05) is 35.0 Å². The molecule has 42 heavy (non-hydrogen) atoms. The first-order valence-corrected chi connectivity index (χ1v) is 14.0. The lowest BCUT2D eigenvalue weighted by Gasteiger charge is -2.48. The van der Waals surface area contributed by atoms with Crippen LogP contribution in [-0.2, 0) is 60.6 Å². The molecule has 2 aromatic carbocycles. The summed E-state index contributed by atoms with van der Waals surface area (Å²) in [6, 6.07) is 19.6. The minimum absolute atomic E-state index is 0.177. The Hall–Kier alpha value is -2.45. The summed E-state index contributed by atoms with van der Waals surface area (Å²) < 4.78 is 53.0. The van der Waals surface area contributed by atoms with Crippen molar-refractivity contribution in [3.05, 3.63) is 71.8 Å². The van der Waals surface area contributed by atoms with Crippen molar-refractivity contribution < 1.29 is 52.5 Å². The normalized spacial score (nSPS) is 33.3. The molecule has 1 N–H and O–H groups in total. The Morgan fingerprint density at radius 1 is 0.762 bits per heavy atom. The Kier molecular flexibility index (Phi) is 12.3. The van der Waals surface area contributed by atoms with Gasteiger partial charge in [0.15, 0.2) is 18.7 Å². The fraction of sp³-hybridized carbons (Fsp3) is 0.581. The van der Waals surface area contributed by atoms with Crippen molar-refractivity contribution in [2.45, 2.75) is 75.4 Å². The number of hydrogen-bond acceptors (Lipinski definition) is 11. The second-order valence-electron chi connectivity index (χ2n) is 10.3. The average Bonchev–Trinajstić information content (AvgIpc) is 3.02. The maximum Gasteiger partial charge on any atom is 0.337 e. The summed E-state index contributed by atoms with van der Waals surface area (Å²) in [6.07, 6.45) is -8.06. The van der Waals surface area contributed by atoms with Gasteiger partial charge in [-0.2, -0.15) is 0 Å². The van der Waals surface area contributed by atoms with Gasteiger partial charge in [-0.3, -0.25) is 0 Å². The number of carbonyl (C=O) groups excluding carboxylic acids is 1. The number of esters is 1. The molecule has 0 amide bonds. The van der Waals surface area contributed by atoms with Crippen LogP contribution in [0, 0.1) is 5.92 Å². The average molecular weight is 591 g/mol. The molecule has 2 aliphatic rings. The highest BCUT2D eigenvalue weighted by atomic mass is 16.8. The Labute approximate surface area is 246 Å². The molecule has 11 nitrogen and oxygen atoms in total. The third kappa shape index (κ3) is 7.73. The quantitative estimate of drug-likeness (QED) is 0.347. The molecule has 2 fully saturated rings. The summed E-state index contributed by atoms with van der Waals surface area (Å²) in [6.45, 7) is 2.86. The van der Waals surface area contributed by atoms with Gasteiger partial charge in [0, 0.05) is 27.2 Å². The van der Waals surface area contributed by atoms with Crippen molar-refractivity contribution in [2.24, 2.45) is 5.92 Å². The minimum Gasteiger partial charge on any atom is -0.467 e. The van der Waals surface area contributed by atoms with Crippen LogP contribution in [0.25, 0.3) is 0 Å². The van der Waals surface area contributed by atoms with Crippen LogP contribution >= 0.6 is 0 Å². The van der Waals surface area contributed by atoms with Gasteiger partial charge in [-0.05, 0) is 11.1 Å². The van der Waals surface area contributed by atoms with E-state index in [1.54, 1.807) is 7.11 Å². The van der Waals surface area contributed by atoms with E-state index in [0.29, 0.717) is 13.2 Å². The molecule has 2 saturated heterocycles.